The van der Waals surface area contributed by atoms with E-state index in [1.165, 1.54) is 0 Å². The van der Waals surface area contributed by atoms with E-state index in [2.05, 4.69) is 25.1 Å². The van der Waals surface area contributed by atoms with E-state index in [4.69, 9.17) is 9.47 Å². The van der Waals surface area contributed by atoms with Gasteiger partial charge in [0.15, 0.2) is 0 Å². The molecular formula is C22H27N5O3. The SMILES string of the molecule is COc1ccc2nc(CN3CCN(CC(=O)Nc4ccccc4OC)CC3)[nH]c2c1. The summed E-state index contributed by atoms with van der Waals surface area (Å²) in [5.74, 6) is 2.40. The van der Waals surface area contributed by atoms with Crippen molar-refractivity contribution < 1.29 is 14.3 Å². The van der Waals surface area contributed by atoms with Gasteiger partial charge < -0.3 is 19.8 Å². The summed E-state index contributed by atoms with van der Waals surface area (Å²) < 4.78 is 10.6. The Morgan fingerprint density at radius 3 is 2.60 bits per heavy atom. The average Bonchev–Trinajstić information content (AvgIpc) is 3.16. The standard InChI is InChI=1S/C22H27N5O3/c1-29-16-7-8-17-19(13-16)24-21(23-17)14-26-9-11-27(12-10-26)15-22(28)25-18-5-3-4-6-20(18)30-2/h3-8,13H,9-12,14-15H2,1-2H3,(H,23,24)(H,25,28). The van der Waals surface area contributed by atoms with Gasteiger partial charge >= 0.3 is 0 Å². The molecule has 1 saturated heterocycles. The third-order valence-corrected chi connectivity index (χ3v) is 5.32. The lowest BCUT2D eigenvalue weighted by molar-refractivity contribution is -0.117. The molecule has 0 saturated carbocycles. The number of benzene rings is 2. The van der Waals surface area contributed by atoms with Crippen LogP contribution in [0.1, 0.15) is 5.82 Å². The van der Waals surface area contributed by atoms with Crippen molar-refractivity contribution in [3.8, 4) is 11.5 Å². The number of methoxy groups -OCH3 is 2. The number of carbonyl (C=O) groups is 1. The van der Waals surface area contributed by atoms with Crippen molar-refractivity contribution >= 4 is 22.6 Å². The summed E-state index contributed by atoms with van der Waals surface area (Å²) in [6, 6.07) is 13.3. The van der Waals surface area contributed by atoms with Gasteiger partial charge in [-0.05, 0) is 24.3 Å². The number of nitrogens with zero attached hydrogens (tertiary/aromatic N) is 3. The smallest absolute Gasteiger partial charge is 0.238 e. The normalized spacial score (nSPS) is 15.3. The van der Waals surface area contributed by atoms with Gasteiger partial charge in [-0.3, -0.25) is 14.6 Å². The molecule has 8 nitrogen and oxygen atoms in total. The van der Waals surface area contributed by atoms with Crippen LogP contribution in [-0.4, -0.2) is 72.6 Å². The number of carbonyl (C=O) groups excluding carboxylic acids is 1. The van der Waals surface area contributed by atoms with Gasteiger partial charge in [0.2, 0.25) is 5.91 Å². The van der Waals surface area contributed by atoms with Gasteiger partial charge in [-0.2, -0.15) is 0 Å². The van der Waals surface area contributed by atoms with E-state index in [1.54, 1.807) is 14.2 Å². The molecule has 1 aliphatic heterocycles. The second-order valence-corrected chi connectivity index (χ2v) is 7.37. The first kappa shape index (κ1) is 20.2. The van der Waals surface area contributed by atoms with Gasteiger partial charge in [0.1, 0.15) is 17.3 Å². The molecule has 2 heterocycles. The number of anilines is 1. The van der Waals surface area contributed by atoms with Crippen LogP contribution in [0.5, 0.6) is 11.5 Å². The second kappa shape index (κ2) is 9.15. The number of fused-ring (bicyclic) bond motifs is 1. The van der Waals surface area contributed by atoms with Gasteiger partial charge in [-0.25, -0.2) is 4.98 Å². The third kappa shape index (κ3) is 4.72. The van der Waals surface area contributed by atoms with Crippen molar-refractivity contribution in [2.75, 3.05) is 52.3 Å². The Morgan fingerprint density at radius 1 is 1.07 bits per heavy atom. The number of amides is 1. The van der Waals surface area contributed by atoms with Crippen LogP contribution in [0.4, 0.5) is 5.69 Å². The van der Waals surface area contributed by atoms with E-state index in [0.717, 1.165) is 55.3 Å². The molecule has 2 N–H and O–H groups in total. The van der Waals surface area contributed by atoms with Crippen LogP contribution < -0.4 is 14.8 Å². The summed E-state index contributed by atoms with van der Waals surface area (Å²) in [6.07, 6.45) is 0. The number of para-hydroxylation sites is 2. The molecule has 0 atom stereocenters. The number of nitrogens with one attached hydrogen (secondary N) is 2. The highest BCUT2D eigenvalue weighted by atomic mass is 16.5. The molecular weight excluding hydrogens is 382 g/mol. The molecule has 4 rings (SSSR count). The van der Waals surface area contributed by atoms with Gasteiger partial charge in [0.25, 0.3) is 0 Å². The van der Waals surface area contributed by atoms with Crippen LogP contribution in [0.15, 0.2) is 42.5 Å². The lowest BCUT2D eigenvalue weighted by Gasteiger charge is -2.33. The number of H-pyrrole nitrogens is 1. The molecule has 2 aromatic carbocycles. The predicted molar refractivity (Wildman–Crippen MR) is 116 cm³/mol. The number of aromatic nitrogens is 2. The minimum Gasteiger partial charge on any atom is -0.497 e. The van der Waals surface area contributed by atoms with Crippen molar-refractivity contribution in [2.24, 2.45) is 0 Å². The number of hydrogen-bond acceptors (Lipinski definition) is 6. The molecule has 1 amide bonds. The van der Waals surface area contributed by atoms with Gasteiger partial charge in [0, 0.05) is 32.2 Å². The minimum absolute atomic E-state index is 0.0285. The predicted octanol–water partition coefficient (Wildman–Crippen LogP) is 2.34. The van der Waals surface area contributed by atoms with Gasteiger partial charge in [0.05, 0.1) is 44.0 Å². The zero-order valence-corrected chi connectivity index (χ0v) is 17.4. The first-order chi connectivity index (χ1) is 14.6. The molecule has 1 fully saturated rings. The third-order valence-electron chi connectivity index (χ3n) is 5.32. The summed E-state index contributed by atoms with van der Waals surface area (Å²) in [5, 5.41) is 2.94. The summed E-state index contributed by atoms with van der Waals surface area (Å²) in [7, 11) is 3.26. The Morgan fingerprint density at radius 2 is 1.83 bits per heavy atom. The van der Waals surface area contributed by atoms with E-state index < -0.39 is 0 Å². The molecule has 0 radical (unpaired) electrons. The zero-order valence-electron chi connectivity index (χ0n) is 17.4. The number of aromatic amines is 1. The number of rotatable bonds is 7. The molecule has 158 valence electrons. The number of hydrogen-bond donors (Lipinski definition) is 2. The highest BCUT2D eigenvalue weighted by Gasteiger charge is 2.20. The maximum atomic E-state index is 12.4. The topological polar surface area (TPSA) is 82.7 Å². The molecule has 1 aliphatic rings. The minimum atomic E-state index is -0.0285. The van der Waals surface area contributed by atoms with Crippen molar-refractivity contribution in [3.05, 3.63) is 48.3 Å². The molecule has 3 aromatic rings. The summed E-state index contributed by atoms with van der Waals surface area (Å²) in [6.45, 7) is 4.60. The summed E-state index contributed by atoms with van der Waals surface area (Å²) in [5.41, 5.74) is 2.62. The fourth-order valence-electron chi connectivity index (χ4n) is 3.70. The van der Waals surface area contributed by atoms with Crippen LogP contribution >= 0.6 is 0 Å². The molecule has 0 spiro atoms. The molecule has 8 heteroatoms. The number of imidazole rings is 1. The first-order valence-corrected chi connectivity index (χ1v) is 10.0. The maximum absolute atomic E-state index is 12.4. The molecule has 0 aliphatic carbocycles. The van der Waals surface area contributed by atoms with Crippen LogP contribution in [-0.2, 0) is 11.3 Å². The largest absolute Gasteiger partial charge is 0.497 e. The maximum Gasteiger partial charge on any atom is 0.238 e. The van der Waals surface area contributed by atoms with Crippen molar-refractivity contribution in [3.63, 3.8) is 0 Å². The Balaban J connectivity index is 1.27. The first-order valence-electron chi connectivity index (χ1n) is 10.0. The fourth-order valence-corrected chi connectivity index (χ4v) is 3.70. The highest BCUT2D eigenvalue weighted by molar-refractivity contribution is 5.93. The lowest BCUT2D eigenvalue weighted by Crippen LogP contribution is -2.48. The zero-order chi connectivity index (χ0) is 20.9. The van der Waals surface area contributed by atoms with Crippen LogP contribution in [0.25, 0.3) is 11.0 Å². The van der Waals surface area contributed by atoms with Crippen molar-refractivity contribution in [1.29, 1.82) is 0 Å². The number of piperazine rings is 1. The summed E-state index contributed by atoms with van der Waals surface area (Å²) >= 11 is 0. The quantitative estimate of drug-likeness (QED) is 0.623. The highest BCUT2D eigenvalue weighted by Crippen LogP contribution is 2.23. The van der Waals surface area contributed by atoms with E-state index in [1.807, 2.05) is 42.5 Å². The number of ether oxygens (including phenoxy) is 2. The van der Waals surface area contributed by atoms with E-state index in [0.29, 0.717) is 18.0 Å². The van der Waals surface area contributed by atoms with Crippen molar-refractivity contribution in [2.45, 2.75) is 6.54 Å². The van der Waals surface area contributed by atoms with Crippen molar-refractivity contribution in [1.82, 2.24) is 19.8 Å². The lowest BCUT2D eigenvalue weighted by atomic mass is 10.2. The summed E-state index contributed by atoms with van der Waals surface area (Å²) in [4.78, 5) is 25.0. The Hall–Kier alpha value is -3.10. The monoisotopic (exact) mass is 409 g/mol. The molecule has 1 aromatic heterocycles. The van der Waals surface area contributed by atoms with Crippen LogP contribution in [0, 0.1) is 0 Å². The molecule has 0 bridgehead atoms. The van der Waals surface area contributed by atoms with Gasteiger partial charge in [-0.1, -0.05) is 12.1 Å². The van der Waals surface area contributed by atoms with Crippen LogP contribution in [0.2, 0.25) is 0 Å². The van der Waals surface area contributed by atoms with E-state index in [9.17, 15) is 4.79 Å². The Kier molecular flexibility index (Phi) is 6.15. The van der Waals surface area contributed by atoms with Crippen LogP contribution in [0.3, 0.4) is 0 Å². The molecule has 0 unspecified atom stereocenters. The second-order valence-electron chi connectivity index (χ2n) is 7.37. The van der Waals surface area contributed by atoms with Gasteiger partial charge in [-0.15, -0.1) is 0 Å². The Labute approximate surface area is 175 Å². The van der Waals surface area contributed by atoms with E-state index >= 15 is 0 Å². The van der Waals surface area contributed by atoms with E-state index in [-0.39, 0.29) is 5.91 Å². The average molecular weight is 409 g/mol. The fraction of sp³-hybridized carbons (Fsp3) is 0.364. The Bertz CT molecular complexity index is 1010. The molecule has 30 heavy (non-hydrogen) atoms.